The van der Waals surface area contributed by atoms with Crippen LogP contribution in [0.15, 0.2) is 48.5 Å². The summed E-state index contributed by atoms with van der Waals surface area (Å²) in [5.41, 5.74) is 3.37. The van der Waals surface area contributed by atoms with Crippen LogP contribution in [0.1, 0.15) is 57.8 Å². The molecule has 180 valence electrons. The number of carbonyl (C=O) groups excluding carboxylic acids is 2. The predicted molar refractivity (Wildman–Crippen MR) is 121 cm³/mol. The minimum atomic E-state index is -4.45. The van der Waals surface area contributed by atoms with Gasteiger partial charge in [0.15, 0.2) is 0 Å². The van der Waals surface area contributed by atoms with E-state index in [-0.39, 0.29) is 12.4 Å². The molecule has 0 aliphatic heterocycles. The number of hydrogen-bond donors (Lipinski definition) is 1. The third kappa shape index (κ3) is 5.65. The lowest BCUT2D eigenvalue weighted by Gasteiger charge is -2.16. The van der Waals surface area contributed by atoms with Crippen molar-refractivity contribution in [2.45, 2.75) is 45.8 Å². The number of nitrogens with one attached hydrogen (secondary N) is 1. The van der Waals surface area contributed by atoms with Crippen molar-refractivity contribution in [2.75, 3.05) is 7.11 Å². The van der Waals surface area contributed by atoms with Gasteiger partial charge in [-0.05, 0) is 74.7 Å². The van der Waals surface area contributed by atoms with Crippen LogP contribution in [0, 0.1) is 13.8 Å². The molecule has 0 bridgehead atoms. The van der Waals surface area contributed by atoms with Crippen molar-refractivity contribution < 1.29 is 27.5 Å². The van der Waals surface area contributed by atoms with Gasteiger partial charge in [-0.2, -0.15) is 18.3 Å². The number of hydrogen-bond acceptors (Lipinski definition) is 4. The summed E-state index contributed by atoms with van der Waals surface area (Å²) in [5.74, 6) is -0.690. The Morgan fingerprint density at radius 3 is 2.41 bits per heavy atom. The quantitative estimate of drug-likeness (QED) is 0.485. The van der Waals surface area contributed by atoms with Gasteiger partial charge in [0, 0.05) is 17.7 Å². The fourth-order valence-electron chi connectivity index (χ4n) is 3.72. The minimum absolute atomic E-state index is 0.257. The van der Waals surface area contributed by atoms with E-state index < -0.39 is 23.7 Å². The zero-order valence-corrected chi connectivity index (χ0v) is 19.4. The molecule has 0 spiro atoms. The van der Waals surface area contributed by atoms with Crippen LogP contribution in [-0.2, 0) is 22.1 Å². The molecule has 1 N–H and O–H groups in total. The molecule has 3 rings (SSSR count). The second kappa shape index (κ2) is 10.1. The van der Waals surface area contributed by atoms with Crippen molar-refractivity contribution in [3.8, 4) is 5.69 Å². The van der Waals surface area contributed by atoms with Crippen LogP contribution in [0.25, 0.3) is 5.69 Å². The molecule has 1 atom stereocenters. The first-order chi connectivity index (χ1) is 16.0. The van der Waals surface area contributed by atoms with Crippen molar-refractivity contribution in [3.63, 3.8) is 0 Å². The van der Waals surface area contributed by atoms with Gasteiger partial charge in [-0.1, -0.05) is 12.1 Å². The summed E-state index contributed by atoms with van der Waals surface area (Å²) in [4.78, 5) is 24.1. The van der Waals surface area contributed by atoms with Gasteiger partial charge < -0.3 is 10.1 Å². The zero-order valence-electron chi connectivity index (χ0n) is 19.4. The van der Waals surface area contributed by atoms with E-state index >= 15 is 0 Å². The zero-order chi connectivity index (χ0) is 25.0. The van der Waals surface area contributed by atoms with Gasteiger partial charge in [-0.3, -0.25) is 9.59 Å². The van der Waals surface area contributed by atoms with E-state index in [0.29, 0.717) is 17.5 Å². The number of nitrogens with zero attached hydrogens (tertiary/aromatic N) is 2. The van der Waals surface area contributed by atoms with Crippen LogP contribution < -0.4 is 5.32 Å². The highest BCUT2D eigenvalue weighted by Crippen LogP contribution is 2.30. The van der Waals surface area contributed by atoms with E-state index in [0.717, 1.165) is 34.8 Å². The fraction of sp³-hybridized carbons (Fsp3) is 0.320. The second-order valence-corrected chi connectivity index (χ2v) is 8.00. The summed E-state index contributed by atoms with van der Waals surface area (Å²) in [6.45, 7) is 5.41. The Hall–Kier alpha value is -3.62. The largest absolute Gasteiger partial charge is 0.469 e. The van der Waals surface area contributed by atoms with Crippen molar-refractivity contribution in [1.82, 2.24) is 15.1 Å². The maximum absolute atomic E-state index is 13.0. The lowest BCUT2D eigenvalue weighted by Crippen LogP contribution is -2.26. The average molecular weight is 473 g/mol. The monoisotopic (exact) mass is 473 g/mol. The number of alkyl halides is 3. The van der Waals surface area contributed by atoms with Gasteiger partial charge in [-0.25, -0.2) is 4.68 Å². The summed E-state index contributed by atoms with van der Waals surface area (Å²) >= 11 is 0. The average Bonchev–Trinajstić information content (AvgIpc) is 3.10. The number of esters is 1. The van der Waals surface area contributed by atoms with Gasteiger partial charge in [0.05, 0.1) is 30.1 Å². The Balaban J connectivity index is 1.72. The Morgan fingerprint density at radius 1 is 1.12 bits per heavy atom. The number of benzene rings is 2. The van der Waals surface area contributed by atoms with Crippen molar-refractivity contribution >= 4 is 11.9 Å². The predicted octanol–water partition coefficient (Wildman–Crippen LogP) is 5.10. The molecule has 1 amide bonds. The molecule has 0 aliphatic carbocycles. The van der Waals surface area contributed by atoms with Gasteiger partial charge in [0.25, 0.3) is 5.91 Å². The number of rotatable bonds is 7. The molecule has 0 saturated heterocycles. The molecule has 1 aromatic heterocycles. The SMILES string of the molecule is COC(=O)CCc1c(C)nn(-c2ccc(C(=O)NC(C)c3cccc(C(F)(F)F)c3)cc2)c1C. The van der Waals surface area contributed by atoms with Gasteiger partial charge in [-0.15, -0.1) is 0 Å². The molecule has 1 heterocycles. The lowest BCUT2D eigenvalue weighted by atomic mass is 10.0. The number of aromatic nitrogens is 2. The third-order valence-electron chi connectivity index (χ3n) is 5.68. The van der Waals surface area contributed by atoms with E-state index in [1.54, 1.807) is 41.9 Å². The molecule has 0 aliphatic rings. The highest BCUT2D eigenvalue weighted by atomic mass is 19.4. The number of halogens is 3. The highest BCUT2D eigenvalue weighted by Gasteiger charge is 2.30. The molecule has 9 heteroatoms. The van der Waals surface area contributed by atoms with Crippen molar-refractivity contribution in [2.24, 2.45) is 0 Å². The smallest absolute Gasteiger partial charge is 0.416 e. The van der Waals surface area contributed by atoms with Crippen LogP contribution in [0.4, 0.5) is 13.2 Å². The number of aryl methyl sites for hydroxylation is 1. The van der Waals surface area contributed by atoms with E-state index in [2.05, 4.69) is 10.4 Å². The molecular weight excluding hydrogens is 447 g/mol. The van der Waals surface area contributed by atoms with E-state index in [1.165, 1.54) is 13.2 Å². The number of amides is 1. The minimum Gasteiger partial charge on any atom is -0.469 e. The molecule has 6 nitrogen and oxygen atoms in total. The first-order valence-electron chi connectivity index (χ1n) is 10.7. The summed E-state index contributed by atoms with van der Waals surface area (Å²) in [7, 11) is 1.35. The number of ether oxygens (including phenoxy) is 1. The third-order valence-corrected chi connectivity index (χ3v) is 5.68. The molecule has 0 fully saturated rings. The van der Waals surface area contributed by atoms with Crippen LogP contribution in [-0.4, -0.2) is 28.8 Å². The topological polar surface area (TPSA) is 73.2 Å². The van der Waals surface area contributed by atoms with Gasteiger partial charge in [0.2, 0.25) is 0 Å². The van der Waals surface area contributed by atoms with E-state index in [1.807, 2.05) is 13.8 Å². The standard InChI is InChI=1S/C25H26F3N3O3/c1-15(19-6-5-7-20(14-19)25(26,27)28)29-24(33)18-8-10-21(11-9-18)31-17(3)22(16(2)30-31)12-13-23(32)34-4/h5-11,14-15H,12-13H2,1-4H3,(H,29,33). The van der Waals surface area contributed by atoms with Crippen LogP contribution in [0.2, 0.25) is 0 Å². The second-order valence-electron chi connectivity index (χ2n) is 8.00. The van der Waals surface area contributed by atoms with Crippen molar-refractivity contribution in [1.29, 1.82) is 0 Å². The molecule has 3 aromatic rings. The maximum atomic E-state index is 13.0. The summed E-state index contributed by atoms with van der Waals surface area (Å²) in [6.07, 6.45) is -3.68. The first kappa shape index (κ1) is 25.0. The van der Waals surface area contributed by atoms with E-state index in [4.69, 9.17) is 4.74 Å². The molecule has 1 unspecified atom stereocenters. The molecule has 2 aromatic carbocycles. The summed E-state index contributed by atoms with van der Waals surface area (Å²) in [6, 6.07) is 11.0. The lowest BCUT2D eigenvalue weighted by molar-refractivity contribution is -0.140. The highest BCUT2D eigenvalue weighted by molar-refractivity contribution is 5.94. The van der Waals surface area contributed by atoms with Crippen LogP contribution >= 0.6 is 0 Å². The molecular formula is C25H26F3N3O3. The summed E-state index contributed by atoms with van der Waals surface area (Å²) in [5, 5.41) is 7.28. The van der Waals surface area contributed by atoms with E-state index in [9.17, 15) is 22.8 Å². The Kier molecular flexibility index (Phi) is 7.44. The number of carbonyl (C=O) groups is 2. The Bertz CT molecular complexity index is 1180. The Morgan fingerprint density at radius 2 is 1.79 bits per heavy atom. The first-order valence-corrected chi connectivity index (χ1v) is 10.7. The van der Waals surface area contributed by atoms with Gasteiger partial charge in [0.1, 0.15) is 0 Å². The number of methoxy groups -OCH3 is 1. The normalized spacial score (nSPS) is 12.3. The molecule has 0 saturated carbocycles. The molecule has 0 radical (unpaired) electrons. The molecule has 34 heavy (non-hydrogen) atoms. The van der Waals surface area contributed by atoms with Crippen molar-refractivity contribution in [3.05, 3.63) is 82.2 Å². The van der Waals surface area contributed by atoms with Crippen LogP contribution in [0.3, 0.4) is 0 Å². The Labute approximate surface area is 195 Å². The maximum Gasteiger partial charge on any atom is 0.416 e. The summed E-state index contributed by atoms with van der Waals surface area (Å²) < 4.78 is 45.4. The fourth-order valence-corrected chi connectivity index (χ4v) is 3.72. The van der Waals surface area contributed by atoms with Gasteiger partial charge >= 0.3 is 12.1 Å². The van der Waals surface area contributed by atoms with Crippen LogP contribution in [0.5, 0.6) is 0 Å².